The third kappa shape index (κ3) is 3.09. The van der Waals surface area contributed by atoms with Crippen molar-refractivity contribution in [2.75, 3.05) is 11.8 Å². The van der Waals surface area contributed by atoms with Gasteiger partial charge in [0.25, 0.3) is 0 Å². The predicted octanol–water partition coefficient (Wildman–Crippen LogP) is 1.47. The maximum Gasteiger partial charge on any atom is 0.310 e. The van der Waals surface area contributed by atoms with E-state index in [4.69, 9.17) is 0 Å². The van der Waals surface area contributed by atoms with Crippen LogP contribution in [0.1, 0.15) is 25.0 Å². The summed E-state index contributed by atoms with van der Waals surface area (Å²) >= 11 is 0. The Labute approximate surface area is 118 Å². The normalized spacial score (nSPS) is 22.5. The molecule has 6 nitrogen and oxygen atoms in total. The first-order chi connectivity index (χ1) is 9.44. The number of sulfonamides is 1. The predicted molar refractivity (Wildman–Crippen MR) is 74.7 cm³/mol. The molecule has 0 radical (unpaired) electrons. The van der Waals surface area contributed by atoms with Crippen molar-refractivity contribution in [3.8, 4) is 0 Å². The molecular weight excluding hydrogens is 280 g/mol. The standard InChI is InChI=1S/C13H18N2O4S/c1-9-6-7-10(8-14-9)15-20(17,18)12-5-3-4-11(12)13(16)19-2/h6-8,11-12,15H,3-5H2,1-2H3. The van der Waals surface area contributed by atoms with Crippen LogP contribution in [0.25, 0.3) is 0 Å². The summed E-state index contributed by atoms with van der Waals surface area (Å²) in [6.07, 6.45) is 3.19. The highest BCUT2D eigenvalue weighted by Gasteiger charge is 2.42. The first-order valence-electron chi connectivity index (χ1n) is 6.46. The highest BCUT2D eigenvalue weighted by atomic mass is 32.2. The van der Waals surface area contributed by atoms with Crippen LogP contribution in [0.3, 0.4) is 0 Å². The molecule has 0 spiro atoms. The minimum absolute atomic E-state index is 0.408. The molecular formula is C13H18N2O4S. The number of hydrogen-bond acceptors (Lipinski definition) is 5. The summed E-state index contributed by atoms with van der Waals surface area (Å²) < 4.78 is 31.9. The highest BCUT2D eigenvalue weighted by molar-refractivity contribution is 7.93. The van der Waals surface area contributed by atoms with Gasteiger partial charge in [0, 0.05) is 5.69 Å². The van der Waals surface area contributed by atoms with E-state index in [1.807, 2.05) is 6.92 Å². The van der Waals surface area contributed by atoms with Crippen molar-refractivity contribution < 1.29 is 17.9 Å². The molecule has 1 N–H and O–H groups in total. The van der Waals surface area contributed by atoms with Crippen LogP contribution in [-0.4, -0.2) is 31.7 Å². The summed E-state index contributed by atoms with van der Waals surface area (Å²) in [5.74, 6) is -1.05. The molecule has 1 heterocycles. The van der Waals surface area contributed by atoms with Gasteiger partial charge < -0.3 is 4.74 Å². The van der Waals surface area contributed by atoms with Crippen LogP contribution in [-0.2, 0) is 19.6 Å². The quantitative estimate of drug-likeness (QED) is 0.851. The lowest BCUT2D eigenvalue weighted by Gasteiger charge is -2.19. The SMILES string of the molecule is COC(=O)C1CCCC1S(=O)(=O)Nc1ccc(C)nc1. The fraction of sp³-hybridized carbons (Fsp3) is 0.538. The first kappa shape index (κ1) is 14.8. The molecule has 2 rings (SSSR count). The number of carbonyl (C=O) groups is 1. The van der Waals surface area contributed by atoms with Crippen molar-refractivity contribution in [2.45, 2.75) is 31.4 Å². The van der Waals surface area contributed by atoms with Gasteiger partial charge in [0.1, 0.15) is 0 Å². The fourth-order valence-electron chi connectivity index (χ4n) is 2.49. The second kappa shape index (κ2) is 5.78. The van der Waals surface area contributed by atoms with E-state index in [-0.39, 0.29) is 0 Å². The lowest BCUT2D eigenvalue weighted by Crippen LogP contribution is -2.35. The average molecular weight is 298 g/mol. The molecule has 0 aliphatic heterocycles. The lowest BCUT2D eigenvalue weighted by molar-refractivity contribution is -0.145. The Morgan fingerprint density at radius 3 is 2.75 bits per heavy atom. The Bertz CT molecular complexity index is 583. The van der Waals surface area contributed by atoms with E-state index in [0.29, 0.717) is 24.9 Å². The number of hydrogen-bond donors (Lipinski definition) is 1. The molecule has 0 saturated heterocycles. The van der Waals surface area contributed by atoms with Gasteiger partial charge in [0.2, 0.25) is 10.0 Å². The molecule has 20 heavy (non-hydrogen) atoms. The van der Waals surface area contributed by atoms with Crippen LogP contribution in [0.2, 0.25) is 0 Å². The Balaban J connectivity index is 2.17. The molecule has 2 unspecified atom stereocenters. The van der Waals surface area contributed by atoms with E-state index in [0.717, 1.165) is 5.69 Å². The van der Waals surface area contributed by atoms with E-state index in [1.54, 1.807) is 12.1 Å². The number of nitrogens with zero attached hydrogens (tertiary/aromatic N) is 1. The summed E-state index contributed by atoms with van der Waals surface area (Å²) in [5.41, 5.74) is 1.22. The van der Waals surface area contributed by atoms with E-state index in [9.17, 15) is 13.2 Å². The third-order valence-electron chi connectivity index (χ3n) is 3.53. The lowest BCUT2D eigenvalue weighted by atomic mass is 10.1. The van der Waals surface area contributed by atoms with Crippen molar-refractivity contribution >= 4 is 21.7 Å². The zero-order valence-electron chi connectivity index (χ0n) is 11.5. The number of aromatic nitrogens is 1. The molecule has 0 amide bonds. The number of methoxy groups -OCH3 is 1. The molecule has 1 saturated carbocycles. The molecule has 0 bridgehead atoms. The van der Waals surface area contributed by atoms with E-state index in [1.165, 1.54) is 13.3 Å². The second-order valence-electron chi connectivity index (χ2n) is 4.93. The summed E-state index contributed by atoms with van der Waals surface area (Å²) in [7, 11) is -2.34. The maximum atomic E-state index is 12.4. The largest absolute Gasteiger partial charge is 0.469 e. The molecule has 1 aliphatic rings. The Morgan fingerprint density at radius 1 is 1.40 bits per heavy atom. The number of rotatable bonds is 4. The highest BCUT2D eigenvalue weighted by Crippen LogP contribution is 2.32. The minimum atomic E-state index is -3.62. The van der Waals surface area contributed by atoms with E-state index >= 15 is 0 Å². The Hall–Kier alpha value is -1.63. The summed E-state index contributed by atoms with van der Waals surface area (Å²) in [6, 6.07) is 3.38. The smallest absolute Gasteiger partial charge is 0.310 e. The molecule has 1 aliphatic carbocycles. The van der Waals surface area contributed by atoms with Gasteiger partial charge in [-0.1, -0.05) is 6.42 Å². The summed E-state index contributed by atoms with van der Waals surface area (Å²) in [4.78, 5) is 15.7. The molecule has 0 aromatic carbocycles. The number of anilines is 1. The van der Waals surface area contributed by atoms with Crippen molar-refractivity contribution in [3.05, 3.63) is 24.0 Å². The van der Waals surface area contributed by atoms with Crippen LogP contribution in [0.4, 0.5) is 5.69 Å². The molecule has 110 valence electrons. The number of pyridine rings is 1. The van der Waals surface area contributed by atoms with Gasteiger partial charge in [0.05, 0.1) is 30.2 Å². The average Bonchev–Trinajstić information content (AvgIpc) is 2.90. The topological polar surface area (TPSA) is 85.4 Å². The summed E-state index contributed by atoms with van der Waals surface area (Å²) in [6.45, 7) is 1.82. The van der Waals surface area contributed by atoms with E-state index < -0.39 is 27.2 Å². The van der Waals surface area contributed by atoms with Crippen LogP contribution in [0.5, 0.6) is 0 Å². The third-order valence-corrected chi connectivity index (χ3v) is 5.41. The molecule has 2 atom stereocenters. The maximum absolute atomic E-state index is 12.4. The first-order valence-corrected chi connectivity index (χ1v) is 8.01. The van der Waals surface area contributed by atoms with Crippen molar-refractivity contribution in [1.29, 1.82) is 0 Å². The van der Waals surface area contributed by atoms with Gasteiger partial charge in [-0.2, -0.15) is 0 Å². The number of carbonyl (C=O) groups excluding carboxylic acids is 1. The Morgan fingerprint density at radius 2 is 2.15 bits per heavy atom. The van der Waals surface area contributed by atoms with Crippen molar-refractivity contribution in [1.82, 2.24) is 4.98 Å². The van der Waals surface area contributed by atoms with Gasteiger partial charge in [0.15, 0.2) is 0 Å². The van der Waals surface area contributed by atoms with Crippen molar-refractivity contribution in [2.24, 2.45) is 5.92 Å². The number of esters is 1. The number of aryl methyl sites for hydroxylation is 1. The van der Waals surface area contributed by atoms with Gasteiger partial charge in [-0.25, -0.2) is 8.42 Å². The van der Waals surface area contributed by atoms with Gasteiger partial charge in [-0.3, -0.25) is 14.5 Å². The van der Waals surface area contributed by atoms with Crippen LogP contribution in [0.15, 0.2) is 18.3 Å². The molecule has 1 aromatic heterocycles. The monoisotopic (exact) mass is 298 g/mol. The zero-order chi connectivity index (χ0) is 14.8. The second-order valence-corrected chi connectivity index (χ2v) is 6.83. The number of nitrogens with one attached hydrogen (secondary N) is 1. The van der Waals surface area contributed by atoms with Crippen LogP contribution in [0, 0.1) is 12.8 Å². The van der Waals surface area contributed by atoms with Gasteiger partial charge in [-0.15, -0.1) is 0 Å². The van der Waals surface area contributed by atoms with Gasteiger partial charge >= 0.3 is 5.97 Å². The summed E-state index contributed by atoms with van der Waals surface area (Å²) in [5, 5.41) is -0.740. The molecule has 7 heteroatoms. The fourth-order valence-corrected chi connectivity index (χ4v) is 4.24. The van der Waals surface area contributed by atoms with E-state index in [2.05, 4.69) is 14.4 Å². The number of ether oxygens (including phenoxy) is 1. The Kier molecular flexibility index (Phi) is 4.27. The van der Waals surface area contributed by atoms with Crippen molar-refractivity contribution in [3.63, 3.8) is 0 Å². The van der Waals surface area contributed by atoms with Gasteiger partial charge in [-0.05, 0) is 31.9 Å². The van der Waals surface area contributed by atoms with Crippen LogP contribution >= 0.6 is 0 Å². The molecule has 1 fully saturated rings. The minimum Gasteiger partial charge on any atom is -0.469 e. The zero-order valence-corrected chi connectivity index (χ0v) is 12.3. The van der Waals surface area contributed by atoms with Crippen LogP contribution < -0.4 is 4.72 Å². The molecule has 1 aromatic rings.